The summed E-state index contributed by atoms with van der Waals surface area (Å²) in [5.41, 5.74) is 4.84. The second-order valence-electron chi connectivity index (χ2n) is 10.5. The third kappa shape index (κ3) is 6.51. The van der Waals surface area contributed by atoms with E-state index in [1.165, 1.54) is 19.2 Å². The van der Waals surface area contributed by atoms with E-state index in [2.05, 4.69) is 27.7 Å². The normalized spacial score (nSPS) is 16.8. The van der Waals surface area contributed by atoms with Crippen molar-refractivity contribution >= 4 is 34.5 Å². The molecule has 42 heavy (non-hydrogen) atoms. The molecule has 0 saturated heterocycles. The molecule has 5 rings (SSSR count). The Labute approximate surface area is 249 Å². The topological polar surface area (TPSA) is 53.6 Å². The number of rotatable bonds is 6. The van der Waals surface area contributed by atoms with E-state index in [1.54, 1.807) is 0 Å². The van der Waals surface area contributed by atoms with Gasteiger partial charge in [-0.1, -0.05) is 55.5 Å². The van der Waals surface area contributed by atoms with Gasteiger partial charge in [-0.25, -0.2) is 0 Å². The first kappa shape index (κ1) is 29.4. The molecule has 0 fully saturated rings. The summed E-state index contributed by atoms with van der Waals surface area (Å²) in [5.74, 6) is 0.0147. The van der Waals surface area contributed by atoms with Gasteiger partial charge in [0.2, 0.25) is 0 Å². The molecule has 1 amide bonds. The van der Waals surface area contributed by atoms with Crippen molar-refractivity contribution in [1.82, 2.24) is 10.2 Å². The smallest absolute Gasteiger partial charge is 0.416 e. The van der Waals surface area contributed by atoms with Gasteiger partial charge in [-0.05, 0) is 83.6 Å². The number of nitrogens with zero attached hydrogens (tertiary/aromatic N) is 1. The number of allylic oxidation sites excluding steroid dienone is 2. The zero-order valence-electron chi connectivity index (χ0n) is 23.4. The highest BCUT2D eigenvalue weighted by Gasteiger charge is 2.32. The van der Waals surface area contributed by atoms with Crippen LogP contribution in [0.4, 0.5) is 18.9 Å². The van der Waals surface area contributed by atoms with Gasteiger partial charge in [0.1, 0.15) is 5.76 Å². The monoisotopic (exact) mass is 591 g/mol. The summed E-state index contributed by atoms with van der Waals surface area (Å²) in [6.45, 7) is 4.02. The highest BCUT2D eigenvalue weighted by molar-refractivity contribution is 7.80. The Morgan fingerprint density at radius 2 is 1.79 bits per heavy atom. The van der Waals surface area contributed by atoms with Gasteiger partial charge in [0.15, 0.2) is 5.11 Å². The van der Waals surface area contributed by atoms with Gasteiger partial charge in [0.25, 0.3) is 5.91 Å². The number of methoxy groups -OCH3 is 1. The van der Waals surface area contributed by atoms with Gasteiger partial charge in [-0.15, -0.1) is 0 Å². The number of hydrogen-bond acceptors (Lipinski definition) is 3. The third-order valence-electron chi connectivity index (χ3n) is 7.68. The Bertz CT molecular complexity index is 1530. The molecule has 1 atom stereocenters. The Hall–Kier alpha value is -4.11. The average molecular weight is 592 g/mol. The predicted octanol–water partition coefficient (Wildman–Crippen LogP) is 7.10. The van der Waals surface area contributed by atoms with Crippen molar-refractivity contribution in [3.8, 4) is 0 Å². The van der Waals surface area contributed by atoms with Crippen molar-refractivity contribution in [1.29, 1.82) is 0 Å². The van der Waals surface area contributed by atoms with Gasteiger partial charge >= 0.3 is 6.18 Å². The van der Waals surface area contributed by atoms with Gasteiger partial charge in [0.05, 0.1) is 12.7 Å². The lowest BCUT2D eigenvalue weighted by Gasteiger charge is -2.31. The van der Waals surface area contributed by atoms with E-state index < -0.39 is 11.7 Å². The van der Waals surface area contributed by atoms with Crippen LogP contribution in [0.3, 0.4) is 0 Å². The third-order valence-corrected chi connectivity index (χ3v) is 8.08. The average Bonchev–Trinajstić information content (AvgIpc) is 2.99. The second-order valence-corrected chi connectivity index (χ2v) is 10.9. The highest BCUT2D eigenvalue weighted by atomic mass is 32.1. The van der Waals surface area contributed by atoms with Crippen LogP contribution in [-0.4, -0.2) is 29.6 Å². The molecule has 0 spiro atoms. The van der Waals surface area contributed by atoms with Crippen LogP contribution >= 0.6 is 12.2 Å². The number of nitrogens with one attached hydrogen (secondary N) is 2. The Morgan fingerprint density at radius 3 is 2.48 bits per heavy atom. The summed E-state index contributed by atoms with van der Waals surface area (Å²) in [5, 5.41) is 7.08. The minimum absolute atomic E-state index is 0.156. The second kappa shape index (κ2) is 12.4. The number of halogens is 3. The first-order valence-electron chi connectivity index (χ1n) is 13.8. The van der Waals surface area contributed by atoms with Gasteiger partial charge in [0, 0.05) is 36.5 Å². The highest BCUT2D eigenvalue weighted by Crippen LogP contribution is 2.39. The van der Waals surface area contributed by atoms with E-state index in [0.29, 0.717) is 52.8 Å². The lowest BCUT2D eigenvalue weighted by Crippen LogP contribution is -2.42. The van der Waals surface area contributed by atoms with E-state index >= 15 is 0 Å². The molecule has 3 aromatic carbocycles. The summed E-state index contributed by atoms with van der Waals surface area (Å²) in [6, 6.07) is 20.8. The molecule has 1 aliphatic carbocycles. The van der Waals surface area contributed by atoms with Crippen LogP contribution in [0.2, 0.25) is 0 Å². The molecule has 2 aliphatic rings. The maximum absolute atomic E-state index is 13.7. The quantitative estimate of drug-likeness (QED) is 0.300. The van der Waals surface area contributed by atoms with E-state index in [9.17, 15) is 18.0 Å². The van der Waals surface area contributed by atoms with Gasteiger partial charge in [-0.3, -0.25) is 4.79 Å². The number of anilines is 1. The Morgan fingerprint density at radius 1 is 1.05 bits per heavy atom. The summed E-state index contributed by atoms with van der Waals surface area (Å²) in [4.78, 5) is 15.8. The van der Waals surface area contributed by atoms with Crippen molar-refractivity contribution in [3.05, 3.63) is 118 Å². The number of ether oxygens (including phenoxy) is 1. The number of hydrogen-bond donors (Lipinski definition) is 2. The van der Waals surface area contributed by atoms with Crippen molar-refractivity contribution in [3.63, 3.8) is 0 Å². The maximum atomic E-state index is 13.7. The molecular weight excluding hydrogens is 559 g/mol. The Kier molecular flexibility index (Phi) is 8.68. The maximum Gasteiger partial charge on any atom is 0.416 e. The summed E-state index contributed by atoms with van der Waals surface area (Å²) in [6.07, 6.45) is -1.22. The molecule has 0 aromatic heterocycles. The van der Waals surface area contributed by atoms with Crippen molar-refractivity contribution in [2.75, 3.05) is 19.0 Å². The molecule has 2 N–H and O–H groups in total. The minimum Gasteiger partial charge on any atom is -0.496 e. The standard InChI is InChI=1S/C33H32F3N3O2S/c1-21-8-15-28(41-2)30(23-9-12-26(13-10-23)33(34,35)36)29(21)31(40)38-27-14-11-25-20-39(17-16-24(25)18-27)32(42)37-19-22-6-4-3-5-7-22/h3-7,9-15,18,21H,8,16-17,19-20H2,1-2H3,(H,37,42)(H,38,40). The number of carbonyl (C=O) groups is 1. The summed E-state index contributed by atoms with van der Waals surface area (Å²) < 4.78 is 45.1. The van der Waals surface area contributed by atoms with E-state index in [1.807, 2.05) is 49.4 Å². The molecule has 1 aliphatic heterocycles. The molecule has 1 heterocycles. The van der Waals surface area contributed by atoms with E-state index in [0.717, 1.165) is 41.8 Å². The van der Waals surface area contributed by atoms with Crippen LogP contribution in [0, 0.1) is 5.92 Å². The molecule has 1 unspecified atom stereocenters. The van der Waals surface area contributed by atoms with Crippen molar-refractivity contribution in [2.24, 2.45) is 5.92 Å². The van der Waals surface area contributed by atoms with Crippen LogP contribution in [-0.2, 0) is 35.2 Å². The Balaban J connectivity index is 1.32. The number of amides is 1. The molecule has 3 aromatic rings. The number of carbonyl (C=O) groups excluding carboxylic acids is 1. The zero-order valence-corrected chi connectivity index (χ0v) is 24.2. The number of alkyl halides is 3. The fourth-order valence-corrected chi connectivity index (χ4v) is 5.65. The van der Waals surface area contributed by atoms with Gasteiger partial charge < -0.3 is 20.3 Å². The van der Waals surface area contributed by atoms with Crippen LogP contribution in [0.25, 0.3) is 5.57 Å². The van der Waals surface area contributed by atoms with Crippen LogP contribution in [0.1, 0.15) is 41.2 Å². The predicted molar refractivity (Wildman–Crippen MR) is 162 cm³/mol. The van der Waals surface area contributed by atoms with Gasteiger partial charge in [-0.2, -0.15) is 13.2 Å². The van der Waals surface area contributed by atoms with Crippen LogP contribution < -0.4 is 10.6 Å². The zero-order chi connectivity index (χ0) is 29.9. The van der Waals surface area contributed by atoms with E-state index in [-0.39, 0.29) is 11.8 Å². The number of fused-ring (bicyclic) bond motifs is 1. The molecule has 0 radical (unpaired) electrons. The lowest BCUT2D eigenvalue weighted by molar-refractivity contribution is -0.137. The van der Waals surface area contributed by atoms with Crippen LogP contribution in [0.5, 0.6) is 0 Å². The molecule has 0 bridgehead atoms. The molecule has 218 valence electrons. The van der Waals surface area contributed by atoms with E-state index in [4.69, 9.17) is 17.0 Å². The summed E-state index contributed by atoms with van der Waals surface area (Å²) >= 11 is 5.65. The first-order chi connectivity index (χ1) is 20.1. The minimum atomic E-state index is -4.44. The largest absolute Gasteiger partial charge is 0.496 e. The molecule has 5 nitrogen and oxygen atoms in total. The number of thiocarbonyl (C=S) groups is 1. The fourth-order valence-electron chi connectivity index (χ4n) is 5.42. The molecule has 0 saturated carbocycles. The lowest BCUT2D eigenvalue weighted by atomic mass is 9.83. The molecular formula is C33H32F3N3O2S. The number of benzene rings is 3. The first-order valence-corrected chi connectivity index (χ1v) is 14.2. The fraction of sp³-hybridized carbons (Fsp3) is 0.273. The molecule has 9 heteroatoms. The van der Waals surface area contributed by atoms with Crippen LogP contribution in [0.15, 0.2) is 90.2 Å². The van der Waals surface area contributed by atoms with Crippen molar-refractivity contribution in [2.45, 2.75) is 39.0 Å². The SMILES string of the molecule is COC1=CCC(C)C(C(=O)Nc2ccc3c(c2)CCN(C(=S)NCc2ccccc2)C3)=C1c1ccc(C(F)(F)F)cc1. The van der Waals surface area contributed by atoms with Crippen molar-refractivity contribution < 1.29 is 22.7 Å². The summed E-state index contributed by atoms with van der Waals surface area (Å²) in [7, 11) is 1.50.